The summed E-state index contributed by atoms with van der Waals surface area (Å²) in [5, 5.41) is 6.74. The highest BCUT2D eigenvalue weighted by Gasteiger charge is 1.99. The van der Waals surface area contributed by atoms with Crippen molar-refractivity contribution in [2.45, 2.75) is 33.2 Å². The molecule has 0 unspecified atom stereocenters. The lowest BCUT2D eigenvalue weighted by atomic mass is 10.1. The lowest BCUT2D eigenvalue weighted by molar-refractivity contribution is 0.589. The van der Waals surface area contributed by atoms with Crippen LogP contribution in [-0.4, -0.2) is 19.6 Å². The number of rotatable bonds is 8. The summed E-state index contributed by atoms with van der Waals surface area (Å²) in [6, 6.07) is 4.96. The van der Waals surface area contributed by atoms with Gasteiger partial charge in [0.25, 0.3) is 0 Å². The number of aryl methyl sites for hydroxylation is 1. The molecule has 0 radical (unpaired) electrons. The van der Waals surface area contributed by atoms with Gasteiger partial charge in [-0.2, -0.15) is 0 Å². The summed E-state index contributed by atoms with van der Waals surface area (Å²) in [4.78, 5) is 0. The second-order valence-corrected chi connectivity index (χ2v) is 4.35. The average Bonchev–Trinajstić information content (AvgIpc) is 2.30. The summed E-state index contributed by atoms with van der Waals surface area (Å²) >= 11 is 0. The summed E-state index contributed by atoms with van der Waals surface area (Å²) in [7, 11) is 0. The van der Waals surface area contributed by atoms with Gasteiger partial charge in [0, 0.05) is 6.54 Å². The molecule has 0 atom stereocenters. The summed E-state index contributed by atoms with van der Waals surface area (Å²) in [5.74, 6) is -0.157. The van der Waals surface area contributed by atoms with Gasteiger partial charge >= 0.3 is 0 Å². The van der Waals surface area contributed by atoms with Crippen LogP contribution in [0.5, 0.6) is 0 Å². The maximum absolute atomic E-state index is 12.9. The van der Waals surface area contributed by atoms with Crippen molar-refractivity contribution in [3.63, 3.8) is 0 Å². The quantitative estimate of drug-likeness (QED) is 0.680. The molecule has 0 aliphatic heterocycles. The van der Waals surface area contributed by atoms with Crippen molar-refractivity contribution < 1.29 is 4.39 Å². The molecule has 0 saturated heterocycles. The predicted octanol–water partition coefficient (Wildman–Crippen LogP) is 2.61. The van der Waals surface area contributed by atoms with Crippen LogP contribution in [0.4, 0.5) is 4.39 Å². The van der Waals surface area contributed by atoms with Gasteiger partial charge in [-0.25, -0.2) is 4.39 Å². The minimum Gasteiger partial charge on any atom is -0.317 e. The highest BCUT2D eigenvalue weighted by Crippen LogP contribution is 2.09. The van der Waals surface area contributed by atoms with Gasteiger partial charge in [-0.15, -0.1) is 0 Å². The molecule has 1 aromatic rings. The predicted molar refractivity (Wildman–Crippen MR) is 70.6 cm³/mol. The summed E-state index contributed by atoms with van der Waals surface area (Å²) < 4.78 is 12.9. The van der Waals surface area contributed by atoms with Crippen molar-refractivity contribution in [2.75, 3.05) is 19.6 Å². The van der Waals surface area contributed by atoms with Crippen molar-refractivity contribution in [1.29, 1.82) is 0 Å². The lowest BCUT2D eigenvalue weighted by Gasteiger charge is -2.08. The third-order valence-electron chi connectivity index (χ3n) is 2.75. The maximum Gasteiger partial charge on any atom is 0.123 e. The Morgan fingerprint density at radius 1 is 1.12 bits per heavy atom. The third-order valence-corrected chi connectivity index (χ3v) is 2.75. The largest absolute Gasteiger partial charge is 0.317 e. The minimum atomic E-state index is -0.157. The Balaban J connectivity index is 2.14. The Bertz CT molecular complexity index is 326. The molecule has 0 aliphatic carbocycles. The van der Waals surface area contributed by atoms with Crippen LogP contribution < -0.4 is 10.6 Å². The van der Waals surface area contributed by atoms with Crippen LogP contribution in [0, 0.1) is 12.7 Å². The Morgan fingerprint density at radius 2 is 1.88 bits per heavy atom. The SMILES string of the molecule is CCCNCCCNCc1ccc(F)cc1C. The van der Waals surface area contributed by atoms with E-state index in [4.69, 9.17) is 0 Å². The molecule has 0 heterocycles. The van der Waals surface area contributed by atoms with E-state index in [0.29, 0.717) is 0 Å². The van der Waals surface area contributed by atoms with E-state index in [1.165, 1.54) is 18.1 Å². The summed E-state index contributed by atoms with van der Waals surface area (Å²) in [6.07, 6.45) is 2.31. The fraction of sp³-hybridized carbons (Fsp3) is 0.571. The number of halogens is 1. The zero-order valence-electron chi connectivity index (χ0n) is 10.9. The third kappa shape index (κ3) is 5.80. The van der Waals surface area contributed by atoms with Gasteiger partial charge in [0.2, 0.25) is 0 Å². The molecule has 2 N–H and O–H groups in total. The highest BCUT2D eigenvalue weighted by molar-refractivity contribution is 5.26. The van der Waals surface area contributed by atoms with Gasteiger partial charge in [0.15, 0.2) is 0 Å². The van der Waals surface area contributed by atoms with Crippen LogP contribution in [0.1, 0.15) is 30.9 Å². The van der Waals surface area contributed by atoms with Gasteiger partial charge in [0.05, 0.1) is 0 Å². The second-order valence-electron chi connectivity index (χ2n) is 4.35. The first-order chi connectivity index (χ1) is 8.24. The first-order valence-electron chi connectivity index (χ1n) is 6.40. The number of hydrogen-bond donors (Lipinski definition) is 2. The summed E-state index contributed by atoms with van der Waals surface area (Å²) in [6.45, 7) is 8.08. The molecule has 0 spiro atoms. The molecule has 2 nitrogen and oxygen atoms in total. The average molecular weight is 238 g/mol. The Hall–Kier alpha value is -0.930. The molecule has 96 valence electrons. The van der Waals surface area contributed by atoms with Crippen molar-refractivity contribution in [3.05, 3.63) is 35.1 Å². The number of nitrogens with one attached hydrogen (secondary N) is 2. The van der Waals surface area contributed by atoms with Gasteiger partial charge < -0.3 is 10.6 Å². The molecule has 0 aromatic heterocycles. The first kappa shape index (κ1) is 14.1. The Labute approximate surface area is 104 Å². The van der Waals surface area contributed by atoms with Gasteiger partial charge in [-0.3, -0.25) is 0 Å². The summed E-state index contributed by atoms with van der Waals surface area (Å²) in [5.41, 5.74) is 2.19. The van der Waals surface area contributed by atoms with Crippen LogP contribution in [0.3, 0.4) is 0 Å². The van der Waals surface area contributed by atoms with Crippen molar-refractivity contribution >= 4 is 0 Å². The topological polar surface area (TPSA) is 24.1 Å². The molecule has 3 heteroatoms. The van der Waals surface area contributed by atoms with E-state index in [0.717, 1.165) is 38.2 Å². The maximum atomic E-state index is 12.9. The smallest absolute Gasteiger partial charge is 0.123 e. The Morgan fingerprint density at radius 3 is 2.59 bits per heavy atom. The second kappa shape index (κ2) is 8.20. The standard InChI is InChI=1S/C14H23FN2/c1-3-7-16-8-4-9-17-11-13-5-6-14(15)10-12(13)2/h5-6,10,16-17H,3-4,7-9,11H2,1-2H3. The highest BCUT2D eigenvalue weighted by atomic mass is 19.1. The molecule has 0 amide bonds. The molecule has 0 saturated carbocycles. The molecular formula is C14H23FN2. The van der Waals surface area contributed by atoms with E-state index in [-0.39, 0.29) is 5.82 Å². The first-order valence-corrected chi connectivity index (χ1v) is 6.40. The number of hydrogen-bond acceptors (Lipinski definition) is 2. The molecule has 0 aliphatic rings. The van der Waals surface area contributed by atoms with Crippen LogP contribution in [0.25, 0.3) is 0 Å². The minimum absolute atomic E-state index is 0.157. The van der Waals surface area contributed by atoms with Crippen molar-refractivity contribution in [2.24, 2.45) is 0 Å². The Kier molecular flexibility index (Phi) is 6.82. The zero-order valence-corrected chi connectivity index (χ0v) is 10.9. The van der Waals surface area contributed by atoms with Crippen LogP contribution in [-0.2, 0) is 6.54 Å². The van der Waals surface area contributed by atoms with Gasteiger partial charge in [-0.1, -0.05) is 13.0 Å². The van der Waals surface area contributed by atoms with E-state index < -0.39 is 0 Å². The monoisotopic (exact) mass is 238 g/mol. The number of benzene rings is 1. The molecule has 1 aromatic carbocycles. The van der Waals surface area contributed by atoms with Crippen LogP contribution in [0.2, 0.25) is 0 Å². The molecule has 17 heavy (non-hydrogen) atoms. The van der Waals surface area contributed by atoms with E-state index >= 15 is 0 Å². The van der Waals surface area contributed by atoms with Gasteiger partial charge in [-0.05, 0) is 62.7 Å². The fourth-order valence-corrected chi connectivity index (χ4v) is 1.72. The lowest BCUT2D eigenvalue weighted by Crippen LogP contribution is -2.22. The van der Waals surface area contributed by atoms with E-state index in [2.05, 4.69) is 17.6 Å². The normalized spacial score (nSPS) is 10.8. The van der Waals surface area contributed by atoms with Crippen molar-refractivity contribution in [3.8, 4) is 0 Å². The van der Waals surface area contributed by atoms with Crippen molar-refractivity contribution in [1.82, 2.24) is 10.6 Å². The fourth-order valence-electron chi connectivity index (χ4n) is 1.72. The van der Waals surface area contributed by atoms with Gasteiger partial charge in [0.1, 0.15) is 5.82 Å². The molecule has 0 bridgehead atoms. The van der Waals surface area contributed by atoms with E-state index in [1.807, 2.05) is 13.0 Å². The zero-order chi connectivity index (χ0) is 12.5. The molecule has 1 rings (SSSR count). The van der Waals surface area contributed by atoms with Crippen LogP contribution >= 0.6 is 0 Å². The molecule has 0 fully saturated rings. The molecular weight excluding hydrogens is 215 g/mol. The van der Waals surface area contributed by atoms with Crippen LogP contribution in [0.15, 0.2) is 18.2 Å². The van der Waals surface area contributed by atoms with E-state index in [1.54, 1.807) is 6.07 Å². The van der Waals surface area contributed by atoms with E-state index in [9.17, 15) is 4.39 Å².